The van der Waals surface area contributed by atoms with Crippen LogP contribution in [0.5, 0.6) is 0 Å². The van der Waals surface area contributed by atoms with Gasteiger partial charge in [-0.15, -0.1) is 5.10 Å². The lowest BCUT2D eigenvalue weighted by atomic mass is 9.85. The van der Waals surface area contributed by atoms with Crippen molar-refractivity contribution in [3.05, 3.63) is 40.6 Å². The van der Waals surface area contributed by atoms with Gasteiger partial charge < -0.3 is 14.4 Å². The molecule has 6 rings (SSSR count). The Kier molecular flexibility index (Phi) is 4.88. The van der Waals surface area contributed by atoms with Crippen LogP contribution in [0.15, 0.2) is 29.5 Å². The molecular formula is C25H30N6O3. The number of cyclic esters (lactones) is 1. The van der Waals surface area contributed by atoms with Crippen molar-refractivity contribution < 1.29 is 14.3 Å². The summed E-state index contributed by atoms with van der Waals surface area (Å²) < 4.78 is 7.02. The number of esters is 1. The molecule has 0 bridgehead atoms. The molecule has 2 aliphatic heterocycles. The normalized spacial score (nSPS) is 29.1. The lowest BCUT2D eigenvalue weighted by Crippen LogP contribution is -2.35. The summed E-state index contributed by atoms with van der Waals surface area (Å²) in [6.07, 6.45) is 4.23. The van der Waals surface area contributed by atoms with Crippen molar-refractivity contribution in [1.82, 2.24) is 30.0 Å². The molecule has 1 aromatic heterocycles. The van der Waals surface area contributed by atoms with Crippen molar-refractivity contribution in [3.8, 4) is 11.4 Å². The monoisotopic (exact) mass is 462 g/mol. The van der Waals surface area contributed by atoms with E-state index in [0.29, 0.717) is 30.1 Å². The van der Waals surface area contributed by atoms with Crippen LogP contribution in [0.2, 0.25) is 0 Å². The van der Waals surface area contributed by atoms with Crippen molar-refractivity contribution in [1.29, 1.82) is 0 Å². The number of rotatable bonds is 7. The Bertz CT molecular complexity index is 1210. The molecule has 3 heterocycles. The molecule has 9 heteroatoms. The number of likely N-dealkylation sites (N-methyl/N-ethyl adjacent to an activating group) is 1. The third kappa shape index (κ3) is 3.20. The quantitative estimate of drug-likeness (QED) is 0.388. The van der Waals surface area contributed by atoms with E-state index in [1.807, 2.05) is 18.7 Å². The molecule has 0 spiro atoms. The average Bonchev–Trinajstić information content (AvgIpc) is 3.16. The molecule has 0 saturated heterocycles. The highest BCUT2D eigenvalue weighted by Crippen LogP contribution is 2.65. The lowest BCUT2D eigenvalue weighted by Gasteiger charge is -2.33. The fraction of sp³-hybridized carbons (Fsp3) is 0.560. The summed E-state index contributed by atoms with van der Waals surface area (Å²) in [5.74, 6) is 1.36. The van der Waals surface area contributed by atoms with E-state index < -0.39 is 0 Å². The molecule has 9 nitrogen and oxygen atoms in total. The molecule has 0 radical (unpaired) electrons. The Morgan fingerprint density at radius 2 is 2.18 bits per heavy atom. The van der Waals surface area contributed by atoms with Crippen LogP contribution >= 0.6 is 0 Å². The first kappa shape index (κ1) is 21.5. The fourth-order valence-corrected chi connectivity index (χ4v) is 6.59. The number of carbonyl (C=O) groups is 2. The van der Waals surface area contributed by atoms with Gasteiger partial charge in [0.15, 0.2) is 5.82 Å². The lowest BCUT2D eigenvalue weighted by molar-refractivity contribution is -0.136. The molecule has 0 amide bonds. The number of benzene rings is 1. The second kappa shape index (κ2) is 7.73. The summed E-state index contributed by atoms with van der Waals surface area (Å²) in [4.78, 5) is 28.5. The highest BCUT2D eigenvalue weighted by atomic mass is 16.5. The highest BCUT2D eigenvalue weighted by molar-refractivity contribution is 5.90. The van der Waals surface area contributed by atoms with Crippen LogP contribution < -0.4 is 0 Å². The largest absolute Gasteiger partial charge is 0.456 e. The number of hydrogen-bond donors (Lipinski definition) is 0. The third-order valence-electron chi connectivity index (χ3n) is 8.74. The van der Waals surface area contributed by atoms with Crippen molar-refractivity contribution in [3.63, 3.8) is 0 Å². The van der Waals surface area contributed by atoms with Crippen molar-refractivity contribution >= 4 is 12.3 Å². The number of aromatic nitrogens is 4. The van der Waals surface area contributed by atoms with E-state index in [2.05, 4.69) is 50.6 Å². The van der Waals surface area contributed by atoms with Gasteiger partial charge in [-0.2, -0.15) is 0 Å². The van der Waals surface area contributed by atoms with E-state index in [1.54, 1.807) is 0 Å². The SMILES string of the molecule is CC1=C(N(C)CC2C3C[C@@H](N(C)Cc4ccc5c(c4)Cn4nnnc4-5)CC[C@@]32C=O)COC1=O. The minimum Gasteiger partial charge on any atom is -0.456 e. The number of nitrogens with zero attached hydrogens (tertiary/aromatic N) is 6. The van der Waals surface area contributed by atoms with Crippen LogP contribution in [0.4, 0.5) is 0 Å². The van der Waals surface area contributed by atoms with Gasteiger partial charge >= 0.3 is 5.97 Å². The molecule has 178 valence electrons. The Morgan fingerprint density at radius 3 is 2.94 bits per heavy atom. The van der Waals surface area contributed by atoms with Gasteiger partial charge in [0.1, 0.15) is 12.9 Å². The summed E-state index contributed by atoms with van der Waals surface area (Å²) in [7, 11) is 4.21. The zero-order valence-corrected chi connectivity index (χ0v) is 19.9. The second-order valence-corrected chi connectivity index (χ2v) is 10.5. The Labute approximate surface area is 198 Å². The maximum absolute atomic E-state index is 12.2. The van der Waals surface area contributed by atoms with E-state index in [-0.39, 0.29) is 11.4 Å². The van der Waals surface area contributed by atoms with E-state index in [0.717, 1.165) is 56.0 Å². The van der Waals surface area contributed by atoms with Crippen molar-refractivity contribution in [2.24, 2.45) is 17.3 Å². The van der Waals surface area contributed by atoms with Crippen LogP contribution in [0.25, 0.3) is 11.4 Å². The smallest absolute Gasteiger partial charge is 0.335 e. The maximum Gasteiger partial charge on any atom is 0.335 e. The van der Waals surface area contributed by atoms with Crippen LogP contribution in [0.3, 0.4) is 0 Å². The molecule has 34 heavy (non-hydrogen) atoms. The maximum atomic E-state index is 12.2. The van der Waals surface area contributed by atoms with Gasteiger partial charge in [-0.3, -0.25) is 4.90 Å². The van der Waals surface area contributed by atoms with Gasteiger partial charge in [0.2, 0.25) is 0 Å². The first-order valence-corrected chi connectivity index (χ1v) is 12.0. The molecule has 2 fully saturated rings. The summed E-state index contributed by atoms with van der Waals surface area (Å²) in [5.41, 5.74) is 5.10. The van der Waals surface area contributed by atoms with Crippen LogP contribution in [0, 0.1) is 17.3 Å². The van der Waals surface area contributed by atoms with Gasteiger partial charge in [0, 0.05) is 37.2 Å². The summed E-state index contributed by atoms with van der Waals surface area (Å²) >= 11 is 0. The predicted octanol–water partition coefficient (Wildman–Crippen LogP) is 1.88. The van der Waals surface area contributed by atoms with Gasteiger partial charge in [0.25, 0.3) is 0 Å². The summed E-state index contributed by atoms with van der Waals surface area (Å²) in [6, 6.07) is 7.03. The third-order valence-corrected chi connectivity index (χ3v) is 8.74. The predicted molar refractivity (Wildman–Crippen MR) is 123 cm³/mol. The first-order chi connectivity index (χ1) is 16.4. The molecule has 2 aromatic rings. The Morgan fingerprint density at radius 1 is 1.32 bits per heavy atom. The Balaban J connectivity index is 1.10. The zero-order chi connectivity index (χ0) is 23.6. The second-order valence-electron chi connectivity index (χ2n) is 10.5. The number of aldehydes is 1. The molecule has 2 unspecified atom stereocenters. The molecule has 4 atom stereocenters. The van der Waals surface area contributed by atoms with Gasteiger partial charge in [-0.05, 0) is 66.6 Å². The zero-order valence-electron chi connectivity index (χ0n) is 19.9. The molecule has 4 aliphatic rings. The van der Waals surface area contributed by atoms with E-state index >= 15 is 0 Å². The van der Waals surface area contributed by atoms with Gasteiger partial charge in [-0.1, -0.05) is 18.2 Å². The van der Waals surface area contributed by atoms with Crippen molar-refractivity contribution in [2.45, 2.75) is 45.3 Å². The number of carbonyl (C=O) groups excluding carboxylic acids is 2. The summed E-state index contributed by atoms with van der Waals surface area (Å²) in [5, 5.41) is 11.9. The van der Waals surface area contributed by atoms with E-state index in [4.69, 9.17) is 4.74 Å². The summed E-state index contributed by atoms with van der Waals surface area (Å²) in [6.45, 7) is 4.56. The molecular weight excluding hydrogens is 432 g/mol. The standard InChI is InChI=1S/C25H30N6O3/c1-15-22(13-34-24(15)33)30(3)12-21-20-9-18(6-7-25(20,21)14-32)29(2)10-16-4-5-19-17(8-16)11-31-23(19)26-27-28-31/h4-5,8,14,18,20-21H,6-7,9-13H2,1-3H3/t18-,20?,21?,25+/m0/s1. The highest BCUT2D eigenvalue weighted by Gasteiger charge is 2.66. The Hall–Kier alpha value is -3.07. The number of tetrazole rings is 1. The van der Waals surface area contributed by atoms with E-state index in [9.17, 15) is 9.59 Å². The minimum absolute atomic E-state index is 0.196. The van der Waals surface area contributed by atoms with Crippen LogP contribution in [0.1, 0.15) is 37.3 Å². The number of ether oxygens (including phenoxy) is 1. The molecule has 2 saturated carbocycles. The van der Waals surface area contributed by atoms with Crippen LogP contribution in [-0.2, 0) is 27.4 Å². The number of hydrogen-bond acceptors (Lipinski definition) is 8. The average molecular weight is 463 g/mol. The number of fused-ring (bicyclic) bond motifs is 4. The fourth-order valence-electron chi connectivity index (χ4n) is 6.59. The molecule has 1 aromatic carbocycles. The first-order valence-electron chi connectivity index (χ1n) is 12.0. The van der Waals surface area contributed by atoms with Crippen molar-refractivity contribution in [2.75, 3.05) is 27.2 Å². The topological polar surface area (TPSA) is 93.5 Å². The molecule has 2 aliphatic carbocycles. The van der Waals surface area contributed by atoms with Gasteiger partial charge in [-0.25, -0.2) is 9.48 Å². The van der Waals surface area contributed by atoms with Gasteiger partial charge in [0.05, 0.1) is 17.8 Å². The van der Waals surface area contributed by atoms with Crippen LogP contribution in [-0.4, -0.2) is 75.6 Å². The minimum atomic E-state index is -0.230. The molecule has 0 N–H and O–H groups in total. The van der Waals surface area contributed by atoms with E-state index in [1.165, 1.54) is 17.4 Å².